The number of nitrogens with zero attached hydrogens (tertiary/aromatic N) is 5. The molecule has 4 rings (SSSR count). The molecule has 0 atom stereocenters. The van der Waals surface area contributed by atoms with Gasteiger partial charge in [0.2, 0.25) is 11.9 Å². The second-order valence-corrected chi connectivity index (χ2v) is 7.21. The largest absolute Gasteiger partial charge is 0.341 e. The summed E-state index contributed by atoms with van der Waals surface area (Å²) in [6, 6.07) is 6.11. The van der Waals surface area contributed by atoms with Crippen molar-refractivity contribution in [3.63, 3.8) is 0 Å². The van der Waals surface area contributed by atoms with E-state index in [1.807, 2.05) is 17.6 Å². The van der Waals surface area contributed by atoms with Crippen LogP contribution in [0.5, 0.6) is 0 Å². The SMILES string of the molecule is CC(C)c1nc(Nc2ccc3ncsc3c2)nc(N2CCCC2)n1. The van der Waals surface area contributed by atoms with Crippen LogP contribution in [-0.2, 0) is 0 Å². The van der Waals surface area contributed by atoms with Crippen LogP contribution in [0.15, 0.2) is 23.7 Å². The quantitative estimate of drug-likeness (QED) is 0.776. The number of benzene rings is 1. The summed E-state index contributed by atoms with van der Waals surface area (Å²) < 4.78 is 1.15. The summed E-state index contributed by atoms with van der Waals surface area (Å²) in [6.45, 7) is 6.26. The number of anilines is 3. The fraction of sp³-hybridized carbons (Fsp3) is 0.412. The molecule has 0 radical (unpaired) electrons. The standard InChI is InChI=1S/C17H20N6S/c1-11(2)15-20-16(22-17(21-15)23-7-3-4-8-23)19-12-5-6-13-14(9-12)24-10-18-13/h5-6,9-11H,3-4,7-8H2,1-2H3,(H,19,20,21,22). The molecule has 3 aromatic rings. The summed E-state index contributed by atoms with van der Waals surface area (Å²) in [5, 5.41) is 3.33. The molecule has 1 aliphatic rings. The molecule has 3 heterocycles. The first kappa shape index (κ1) is 15.3. The molecule has 2 aromatic heterocycles. The highest BCUT2D eigenvalue weighted by Crippen LogP contribution is 2.25. The third kappa shape index (κ3) is 3.03. The lowest BCUT2D eigenvalue weighted by Crippen LogP contribution is -2.22. The Morgan fingerprint density at radius 1 is 1.12 bits per heavy atom. The summed E-state index contributed by atoms with van der Waals surface area (Å²) in [4.78, 5) is 20.4. The maximum absolute atomic E-state index is 4.65. The van der Waals surface area contributed by atoms with Crippen LogP contribution in [0.1, 0.15) is 38.4 Å². The zero-order chi connectivity index (χ0) is 16.5. The average molecular weight is 340 g/mol. The number of hydrogen-bond acceptors (Lipinski definition) is 7. The number of nitrogens with one attached hydrogen (secondary N) is 1. The topological polar surface area (TPSA) is 66.8 Å². The summed E-state index contributed by atoms with van der Waals surface area (Å²) in [5.74, 6) is 2.49. The Bertz CT molecular complexity index is 853. The average Bonchev–Trinajstić information content (AvgIpc) is 3.25. The summed E-state index contributed by atoms with van der Waals surface area (Å²) in [7, 11) is 0. The van der Waals surface area contributed by atoms with Gasteiger partial charge >= 0.3 is 0 Å². The zero-order valence-corrected chi connectivity index (χ0v) is 14.7. The summed E-state index contributed by atoms with van der Waals surface area (Å²) in [5.41, 5.74) is 3.85. The van der Waals surface area contributed by atoms with Crippen LogP contribution >= 0.6 is 11.3 Å². The number of fused-ring (bicyclic) bond motifs is 1. The molecule has 0 unspecified atom stereocenters. The predicted octanol–water partition coefficient (Wildman–Crippen LogP) is 3.95. The van der Waals surface area contributed by atoms with E-state index >= 15 is 0 Å². The Morgan fingerprint density at radius 3 is 2.75 bits per heavy atom. The Labute approximate surface area is 145 Å². The number of hydrogen-bond donors (Lipinski definition) is 1. The number of rotatable bonds is 4. The van der Waals surface area contributed by atoms with Gasteiger partial charge in [-0.3, -0.25) is 0 Å². The Hall–Kier alpha value is -2.28. The molecule has 124 valence electrons. The van der Waals surface area contributed by atoms with Gasteiger partial charge in [0, 0.05) is 24.7 Å². The van der Waals surface area contributed by atoms with Gasteiger partial charge in [-0.25, -0.2) is 4.98 Å². The molecule has 0 spiro atoms. The van der Waals surface area contributed by atoms with Crippen molar-refractivity contribution in [2.75, 3.05) is 23.3 Å². The maximum Gasteiger partial charge on any atom is 0.232 e. The van der Waals surface area contributed by atoms with E-state index in [0.717, 1.165) is 40.8 Å². The molecule has 1 saturated heterocycles. The zero-order valence-electron chi connectivity index (χ0n) is 13.9. The van der Waals surface area contributed by atoms with E-state index in [1.54, 1.807) is 11.3 Å². The molecule has 1 fully saturated rings. The van der Waals surface area contributed by atoms with Crippen molar-refractivity contribution in [3.05, 3.63) is 29.5 Å². The van der Waals surface area contributed by atoms with Gasteiger partial charge in [0.05, 0.1) is 15.7 Å². The van der Waals surface area contributed by atoms with Crippen LogP contribution in [-0.4, -0.2) is 33.0 Å². The van der Waals surface area contributed by atoms with Crippen molar-refractivity contribution in [1.29, 1.82) is 0 Å². The van der Waals surface area contributed by atoms with Crippen molar-refractivity contribution in [2.45, 2.75) is 32.6 Å². The first-order valence-corrected chi connectivity index (χ1v) is 9.18. The first-order chi connectivity index (χ1) is 11.7. The van der Waals surface area contributed by atoms with Gasteiger partial charge in [-0.2, -0.15) is 15.0 Å². The number of thiazole rings is 1. The van der Waals surface area contributed by atoms with Gasteiger partial charge in [0.1, 0.15) is 5.82 Å². The van der Waals surface area contributed by atoms with E-state index in [2.05, 4.69) is 50.1 Å². The molecule has 1 aromatic carbocycles. The van der Waals surface area contributed by atoms with Crippen LogP contribution in [0.4, 0.5) is 17.6 Å². The van der Waals surface area contributed by atoms with Crippen molar-refractivity contribution in [1.82, 2.24) is 19.9 Å². The van der Waals surface area contributed by atoms with E-state index in [1.165, 1.54) is 12.8 Å². The molecule has 0 aliphatic carbocycles. The van der Waals surface area contributed by atoms with Crippen LogP contribution in [0.25, 0.3) is 10.2 Å². The third-order valence-electron chi connectivity index (χ3n) is 4.13. The molecule has 24 heavy (non-hydrogen) atoms. The summed E-state index contributed by atoms with van der Waals surface area (Å²) in [6.07, 6.45) is 2.40. The highest BCUT2D eigenvalue weighted by molar-refractivity contribution is 7.16. The second kappa shape index (κ2) is 6.32. The second-order valence-electron chi connectivity index (χ2n) is 6.33. The molecule has 0 bridgehead atoms. The van der Waals surface area contributed by atoms with Gasteiger partial charge in [-0.1, -0.05) is 13.8 Å². The van der Waals surface area contributed by atoms with Gasteiger partial charge in [-0.15, -0.1) is 11.3 Å². The van der Waals surface area contributed by atoms with E-state index in [0.29, 0.717) is 5.95 Å². The third-order valence-corrected chi connectivity index (χ3v) is 4.93. The van der Waals surface area contributed by atoms with E-state index in [9.17, 15) is 0 Å². The fourth-order valence-electron chi connectivity index (χ4n) is 2.82. The minimum Gasteiger partial charge on any atom is -0.341 e. The molecule has 1 N–H and O–H groups in total. The summed E-state index contributed by atoms with van der Waals surface area (Å²) >= 11 is 1.63. The Kier molecular flexibility index (Phi) is 4.02. The highest BCUT2D eigenvalue weighted by atomic mass is 32.1. The van der Waals surface area contributed by atoms with Crippen molar-refractivity contribution >= 4 is 39.1 Å². The lowest BCUT2D eigenvalue weighted by atomic mass is 10.2. The van der Waals surface area contributed by atoms with Gasteiger partial charge < -0.3 is 10.2 Å². The smallest absolute Gasteiger partial charge is 0.232 e. The monoisotopic (exact) mass is 340 g/mol. The van der Waals surface area contributed by atoms with Crippen LogP contribution in [0.3, 0.4) is 0 Å². The maximum atomic E-state index is 4.65. The molecule has 0 amide bonds. The van der Waals surface area contributed by atoms with Crippen LogP contribution in [0.2, 0.25) is 0 Å². The number of aromatic nitrogens is 4. The molecular weight excluding hydrogens is 320 g/mol. The van der Waals surface area contributed by atoms with E-state index in [-0.39, 0.29) is 5.92 Å². The molecule has 7 heteroatoms. The normalized spacial score (nSPS) is 14.7. The minimum absolute atomic E-state index is 0.263. The van der Waals surface area contributed by atoms with Gasteiger partial charge in [0.25, 0.3) is 0 Å². The van der Waals surface area contributed by atoms with Crippen molar-refractivity contribution in [3.8, 4) is 0 Å². The lowest BCUT2D eigenvalue weighted by Gasteiger charge is -2.17. The first-order valence-electron chi connectivity index (χ1n) is 8.30. The molecule has 6 nitrogen and oxygen atoms in total. The Balaban J connectivity index is 1.67. The van der Waals surface area contributed by atoms with Crippen LogP contribution < -0.4 is 10.2 Å². The van der Waals surface area contributed by atoms with Crippen molar-refractivity contribution in [2.24, 2.45) is 0 Å². The molecular formula is C17H20N6S. The molecule has 1 aliphatic heterocycles. The predicted molar refractivity (Wildman–Crippen MR) is 98.3 cm³/mol. The van der Waals surface area contributed by atoms with Gasteiger partial charge in [0.15, 0.2) is 0 Å². The van der Waals surface area contributed by atoms with Crippen LogP contribution in [0, 0.1) is 0 Å². The fourth-order valence-corrected chi connectivity index (χ4v) is 3.53. The lowest BCUT2D eigenvalue weighted by molar-refractivity contribution is 0.749. The van der Waals surface area contributed by atoms with Gasteiger partial charge in [-0.05, 0) is 31.0 Å². The van der Waals surface area contributed by atoms with E-state index < -0.39 is 0 Å². The Morgan fingerprint density at radius 2 is 1.96 bits per heavy atom. The van der Waals surface area contributed by atoms with E-state index in [4.69, 9.17) is 0 Å². The van der Waals surface area contributed by atoms with Crippen molar-refractivity contribution < 1.29 is 0 Å². The molecule has 0 saturated carbocycles. The minimum atomic E-state index is 0.263. The highest BCUT2D eigenvalue weighted by Gasteiger charge is 2.18.